The van der Waals surface area contributed by atoms with E-state index in [2.05, 4.69) is 4.98 Å². The molecule has 160 valence electrons. The van der Waals surface area contributed by atoms with Crippen LogP contribution in [0.4, 0.5) is 0 Å². The molecule has 0 radical (unpaired) electrons. The zero-order valence-corrected chi connectivity index (χ0v) is 17.2. The third-order valence-electron chi connectivity index (χ3n) is 6.74. The Kier molecular flexibility index (Phi) is 5.37. The highest BCUT2D eigenvalue weighted by Gasteiger charge is 2.40. The molecule has 7 nitrogen and oxygen atoms in total. The molecule has 0 saturated carbocycles. The lowest BCUT2D eigenvalue weighted by molar-refractivity contribution is -0.137. The molecule has 3 aliphatic heterocycles. The first-order valence-electron chi connectivity index (χ1n) is 11.1. The fraction of sp³-hybridized carbons (Fsp3) is 0.565. The van der Waals surface area contributed by atoms with Crippen molar-refractivity contribution in [1.29, 1.82) is 0 Å². The minimum Gasteiger partial charge on any atom is -0.490 e. The van der Waals surface area contributed by atoms with Crippen LogP contribution in [0.1, 0.15) is 32.1 Å². The van der Waals surface area contributed by atoms with Crippen molar-refractivity contribution in [2.24, 2.45) is 5.92 Å². The maximum absolute atomic E-state index is 13.1. The Morgan fingerprint density at radius 3 is 2.70 bits per heavy atom. The van der Waals surface area contributed by atoms with Crippen LogP contribution in [0.5, 0.6) is 5.75 Å². The average molecular weight is 412 g/mol. The van der Waals surface area contributed by atoms with Crippen molar-refractivity contribution in [2.75, 3.05) is 32.8 Å². The molecular formula is C23H29N3O4. The van der Waals surface area contributed by atoms with Gasteiger partial charge in [-0.05, 0) is 31.0 Å². The maximum Gasteiger partial charge on any atom is 0.227 e. The molecule has 0 bridgehead atoms. The molecule has 3 saturated heterocycles. The van der Waals surface area contributed by atoms with Crippen LogP contribution in [-0.2, 0) is 14.3 Å². The summed E-state index contributed by atoms with van der Waals surface area (Å²) >= 11 is 0. The topological polar surface area (TPSA) is 74.9 Å². The van der Waals surface area contributed by atoms with Crippen molar-refractivity contribution in [3.05, 3.63) is 30.5 Å². The Morgan fingerprint density at radius 1 is 1.10 bits per heavy atom. The third kappa shape index (κ3) is 3.78. The van der Waals surface area contributed by atoms with Crippen LogP contribution < -0.4 is 4.74 Å². The quantitative estimate of drug-likeness (QED) is 0.839. The molecule has 7 heteroatoms. The van der Waals surface area contributed by atoms with Crippen LogP contribution in [-0.4, -0.2) is 71.6 Å². The second-order valence-electron chi connectivity index (χ2n) is 8.63. The predicted molar refractivity (Wildman–Crippen MR) is 112 cm³/mol. The number of H-pyrrole nitrogens is 1. The molecule has 0 aliphatic carbocycles. The van der Waals surface area contributed by atoms with E-state index >= 15 is 0 Å². The number of rotatable bonds is 4. The normalized spacial score (nSPS) is 24.0. The predicted octanol–water partition coefficient (Wildman–Crippen LogP) is 2.57. The van der Waals surface area contributed by atoms with Crippen LogP contribution in [0.2, 0.25) is 0 Å². The summed E-state index contributed by atoms with van der Waals surface area (Å²) in [6.45, 7) is 3.35. The monoisotopic (exact) mass is 411 g/mol. The van der Waals surface area contributed by atoms with Crippen molar-refractivity contribution < 1.29 is 19.1 Å². The molecule has 1 aromatic heterocycles. The number of carbonyl (C=O) groups excluding carboxylic acids is 2. The van der Waals surface area contributed by atoms with Crippen molar-refractivity contribution in [3.63, 3.8) is 0 Å². The molecule has 0 spiro atoms. The smallest absolute Gasteiger partial charge is 0.227 e. The van der Waals surface area contributed by atoms with Gasteiger partial charge in [-0.1, -0.05) is 6.07 Å². The number of piperidine rings is 1. The van der Waals surface area contributed by atoms with E-state index in [1.54, 1.807) is 0 Å². The molecule has 30 heavy (non-hydrogen) atoms. The van der Waals surface area contributed by atoms with Gasteiger partial charge in [0, 0.05) is 75.3 Å². The summed E-state index contributed by atoms with van der Waals surface area (Å²) < 4.78 is 11.7. The Labute approximate surface area is 176 Å². The van der Waals surface area contributed by atoms with E-state index in [1.165, 1.54) is 0 Å². The van der Waals surface area contributed by atoms with Crippen LogP contribution >= 0.6 is 0 Å². The Balaban J connectivity index is 1.15. The van der Waals surface area contributed by atoms with Crippen LogP contribution in [0, 0.1) is 5.92 Å². The molecule has 1 atom stereocenters. The van der Waals surface area contributed by atoms with Gasteiger partial charge in [0.25, 0.3) is 0 Å². The standard InChI is InChI=1S/C23H29N3O4/c27-22-14-16(15-26(22)17-7-12-29-13-8-17)23(28)25-10-5-18(6-11-25)30-21-3-1-2-20-19(21)4-9-24-20/h1-4,9,16-18,24H,5-8,10-15H2. The van der Waals surface area contributed by atoms with E-state index in [0.717, 1.165) is 42.3 Å². The summed E-state index contributed by atoms with van der Waals surface area (Å²) in [7, 11) is 0. The van der Waals surface area contributed by atoms with Crippen molar-refractivity contribution in [1.82, 2.24) is 14.8 Å². The second-order valence-corrected chi connectivity index (χ2v) is 8.63. The van der Waals surface area contributed by atoms with Gasteiger partial charge in [-0.3, -0.25) is 9.59 Å². The lowest BCUT2D eigenvalue weighted by Crippen LogP contribution is -2.45. The number of carbonyl (C=O) groups is 2. The van der Waals surface area contributed by atoms with E-state index in [1.807, 2.05) is 40.3 Å². The summed E-state index contributed by atoms with van der Waals surface area (Å²) in [5, 5.41) is 1.09. The highest BCUT2D eigenvalue weighted by Crippen LogP contribution is 2.30. The van der Waals surface area contributed by atoms with Gasteiger partial charge in [0.1, 0.15) is 11.9 Å². The van der Waals surface area contributed by atoms with Crippen molar-refractivity contribution >= 4 is 22.7 Å². The maximum atomic E-state index is 13.1. The summed E-state index contributed by atoms with van der Waals surface area (Å²) in [5.74, 6) is 0.945. The van der Waals surface area contributed by atoms with Gasteiger partial charge in [-0.25, -0.2) is 0 Å². The lowest BCUT2D eigenvalue weighted by Gasteiger charge is -2.34. The first kappa shape index (κ1) is 19.4. The Hall–Kier alpha value is -2.54. The second kappa shape index (κ2) is 8.30. The Bertz CT molecular complexity index is 912. The molecule has 2 amide bonds. The largest absolute Gasteiger partial charge is 0.490 e. The summed E-state index contributed by atoms with van der Waals surface area (Å²) in [4.78, 5) is 32.6. The summed E-state index contributed by atoms with van der Waals surface area (Å²) in [6, 6.07) is 8.30. The number of fused-ring (bicyclic) bond motifs is 1. The molecule has 4 heterocycles. The fourth-order valence-corrected chi connectivity index (χ4v) is 5.04. The summed E-state index contributed by atoms with van der Waals surface area (Å²) in [5.41, 5.74) is 1.07. The van der Waals surface area contributed by atoms with E-state index in [9.17, 15) is 9.59 Å². The van der Waals surface area contributed by atoms with Gasteiger partial charge in [0.15, 0.2) is 0 Å². The number of likely N-dealkylation sites (tertiary alicyclic amines) is 2. The van der Waals surface area contributed by atoms with Gasteiger partial charge in [-0.15, -0.1) is 0 Å². The molecule has 1 N–H and O–H groups in total. The SMILES string of the molecule is O=C(C1CC(=O)N(C2CCOCC2)C1)N1CCC(Oc2cccc3[nH]ccc23)CC1. The molecule has 3 aliphatic rings. The molecule has 1 unspecified atom stereocenters. The first-order chi connectivity index (χ1) is 14.7. The minimum atomic E-state index is -0.202. The average Bonchev–Trinajstić information content (AvgIpc) is 3.42. The molecule has 2 aromatic rings. The number of amides is 2. The number of aromatic nitrogens is 1. The van der Waals surface area contributed by atoms with E-state index in [4.69, 9.17) is 9.47 Å². The summed E-state index contributed by atoms with van der Waals surface area (Å²) in [6.07, 6.45) is 5.77. The van der Waals surface area contributed by atoms with Gasteiger partial charge in [-0.2, -0.15) is 0 Å². The number of nitrogens with zero attached hydrogens (tertiary/aromatic N) is 2. The number of ether oxygens (including phenoxy) is 2. The zero-order chi connectivity index (χ0) is 20.5. The first-order valence-corrected chi connectivity index (χ1v) is 11.1. The molecule has 1 aromatic carbocycles. The number of aromatic amines is 1. The van der Waals surface area contributed by atoms with Crippen molar-refractivity contribution in [3.8, 4) is 5.75 Å². The van der Waals surface area contributed by atoms with E-state index < -0.39 is 0 Å². The highest BCUT2D eigenvalue weighted by atomic mass is 16.5. The zero-order valence-electron chi connectivity index (χ0n) is 17.2. The number of hydrogen-bond acceptors (Lipinski definition) is 4. The van der Waals surface area contributed by atoms with Crippen LogP contribution in [0.15, 0.2) is 30.5 Å². The molecular weight excluding hydrogens is 382 g/mol. The van der Waals surface area contributed by atoms with Gasteiger partial charge in [0.2, 0.25) is 11.8 Å². The lowest BCUT2D eigenvalue weighted by atomic mass is 10.0. The molecule has 5 rings (SSSR count). The highest BCUT2D eigenvalue weighted by molar-refractivity contribution is 5.89. The van der Waals surface area contributed by atoms with E-state index in [-0.39, 0.29) is 29.9 Å². The minimum absolute atomic E-state index is 0.110. The van der Waals surface area contributed by atoms with Gasteiger partial charge >= 0.3 is 0 Å². The molecule has 3 fully saturated rings. The van der Waals surface area contributed by atoms with E-state index in [0.29, 0.717) is 39.3 Å². The van der Waals surface area contributed by atoms with Gasteiger partial charge < -0.3 is 24.3 Å². The van der Waals surface area contributed by atoms with Gasteiger partial charge in [0.05, 0.1) is 5.92 Å². The van der Waals surface area contributed by atoms with Crippen LogP contribution in [0.3, 0.4) is 0 Å². The van der Waals surface area contributed by atoms with Crippen LogP contribution in [0.25, 0.3) is 10.9 Å². The third-order valence-corrected chi connectivity index (χ3v) is 6.74. The number of hydrogen-bond donors (Lipinski definition) is 1. The number of benzene rings is 1. The fourth-order valence-electron chi connectivity index (χ4n) is 5.04. The Morgan fingerprint density at radius 2 is 1.90 bits per heavy atom. The van der Waals surface area contributed by atoms with Crippen molar-refractivity contribution in [2.45, 2.75) is 44.2 Å². The number of nitrogens with one attached hydrogen (secondary N) is 1.